The lowest BCUT2D eigenvalue weighted by atomic mass is 9.95. The molecule has 0 radical (unpaired) electrons. The highest BCUT2D eigenvalue weighted by molar-refractivity contribution is 4.80. The number of hydrogen-bond acceptors (Lipinski definition) is 3. The lowest BCUT2D eigenvalue weighted by Crippen LogP contribution is -2.48. The van der Waals surface area contributed by atoms with E-state index in [1.54, 1.807) is 0 Å². The summed E-state index contributed by atoms with van der Waals surface area (Å²) in [5, 5.41) is 3.78. The van der Waals surface area contributed by atoms with Crippen LogP contribution < -0.4 is 5.32 Å². The Morgan fingerprint density at radius 2 is 1.79 bits per heavy atom. The van der Waals surface area contributed by atoms with Gasteiger partial charge in [0.1, 0.15) is 0 Å². The van der Waals surface area contributed by atoms with E-state index in [1.165, 1.54) is 58.0 Å². The van der Waals surface area contributed by atoms with Crippen molar-refractivity contribution in [2.75, 3.05) is 26.2 Å². The molecule has 0 spiro atoms. The summed E-state index contributed by atoms with van der Waals surface area (Å²) in [6.07, 6.45) is 10.00. The first kappa shape index (κ1) is 15.3. The smallest absolute Gasteiger partial charge is 0.0599 e. The Labute approximate surface area is 119 Å². The Morgan fingerprint density at radius 1 is 1.11 bits per heavy atom. The molecule has 0 aromatic heterocycles. The van der Waals surface area contributed by atoms with Gasteiger partial charge < -0.3 is 10.1 Å². The van der Waals surface area contributed by atoms with Crippen molar-refractivity contribution in [2.24, 2.45) is 0 Å². The molecule has 112 valence electrons. The quantitative estimate of drug-likeness (QED) is 0.801. The summed E-state index contributed by atoms with van der Waals surface area (Å²) in [7, 11) is 0. The van der Waals surface area contributed by atoms with Crippen LogP contribution in [0.2, 0.25) is 0 Å². The van der Waals surface area contributed by atoms with Crippen LogP contribution in [0.1, 0.15) is 58.8 Å². The van der Waals surface area contributed by atoms with E-state index in [-0.39, 0.29) is 0 Å². The van der Waals surface area contributed by atoms with Gasteiger partial charge in [-0.3, -0.25) is 4.90 Å². The van der Waals surface area contributed by atoms with Crippen molar-refractivity contribution in [1.82, 2.24) is 10.2 Å². The predicted octanol–water partition coefficient (Wildman–Crippen LogP) is 2.80. The van der Waals surface area contributed by atoms with Gasteiger partial charge in [0.15, 0.2) is 0 Å². The van der Waals surface area contributed by atoms with Crippen LogP contribution in [0.15, 0.2) is 0 Å². The number of hydrogen-bond donors (Lipinski definition) is 1. The van der Waals surface area contributed by atoms with E-state index in [9.17, 15) is 0 Å². The first-order valence-corrected chi connectivity index (χ1v) is 8.38. The van der Waals surface area contributed by atoms with Gasteiger partial charge in [-0.1, -0.05) is 19.3 Å². The maximum Gasteiger partial charge on any atom is 0.0599 e. The molecular weight excluding hydrogens is 236 g/mol. The van der Waals surface area contributed by atoms with Gasteiger partial charge in [-0.05, 0) is 39.5 Å². The second-order valence-corrected chi connectivity index (χ2v) is 6.28. The molecule has 2 aliphatic rings. The Bertz CT molecular complexity index is 233. The van der Waals surface area contributed by atoms with E-state index in [0.29, 0.717) is 12.1 Å². The summed E-state index contributed by atoms with van der Waals surface area (Å²) in [4.78, 5) is 2.63. The van der Waals surface area contributed by atoms with Gasteiger partial charge in [-0.15, -0.1) is 0 Å². The molecule has 1 aliphatic carbocycles. The highest BCUT2D eigenvalue weighted by Gasteiger charge is 2.23. The van der Waals surface area contributed by atoms with Gasteiger partial charge in [0.25, 0.3) is 0 Å². The van der Waals surface area contributed by atoms with Crippen LogP contribution in [-0.4, -0.2) is 49.3 Å². The van der Waals surface area contributed by atoms with E-state index in [1.807, 2.05) is 0 Å². The van der Waals surface area contributed by atoms with Crippen molar-refractivity contribution in [3.63, 3.8) is 0 Å². The van der Waals surface area contributed by atoms with Gasteiger partial charge in [-0.25, -0.2) is 0 Å². The summed E-state index contributed by atoms with van der Waals surface area (Å²) in [5.74, 6) is 0. The zero-order valence-electron chi connectivity index (χ0n) is 12.9. The molecule has 1 heterocycles. The summed E-state index contributed by atoms with van der Waals surface area (Å²) < 4.78 is 5.72. The Hall–Kier alpha value is -0.120. The maximum atomic E-state index is 5.72. The molecule has 1 aliphatic heterocycles. The lowest BCUT2D eigenvalue weighted by Gasteiger charge is -2.36. The van der Waals surface area contributed by atoms with Gasteiger partial charge in [0, 0.05) is 38.3 Å². The van der Waals surface area contributed by atoms with E-state index in [0.717, 1.165) is 19.2 Å². The van der Waals surface area contributed by atoms with Crippen LogP contribution in [0.25, 0.3) is 0 Å². The minimum Gasteiger partial charge on any atom is -0.378 e. The van der Waals surface area contributed by atoms with Gasteiger partial charge in [0.05, 0.1) is 6.10 Å². The number of likely N-dealkylation sites (tertiary alicyclic amines) is 1. The van der Waals surface area contributed by atoms with Crippen molar-refractivity contribution < 1.29 is 4.74 Å². The Morgan fingerprint density at radius 3 is 2.42 bits per heavy atom. The molecule has 0 bridgehead atoms. The fourth-order valence-corrected chi connectivity index (χ4v) is 3.49. The van der Waals surface area contributed by atoms with E-state index < -0.39 is 0 Å². The van der Waals surface area contributed by atoms with E-state index in [4.69, 9.17) is 4.74 Å². The average molecular weight is 268 g/mol. The molecule has 19 heavy (non-hydrogen) atoms. The molecule has 2 fully saturated rings. The minimum atomic E-state index is 0.514. The minimum absolute atomic E-state index is 0.514. The normalized spacial score (nSPS) is 25.6. The first-order valence-electron chi connectivity index (χ1n) is 8.38. The number of ether oxygens (including phenoxy) is 1. The van der Waals surface area contributed by atoms with E-state index >= 15 is 0 Å². The zero-order valence-corrected chi connectivity index (χ0v) is 12.9. The first-order chi connectivity index (χ1) is 9.29. The Kier molecular flexibility index (Phi) is 6.62. The largest absolute Gasteiger partial charge is 0.378 e. The van der Waals surface area contributed by atoms with Crippen molar-refractivity contribution in [1.29, 1.82) is 0 Å². The maximum absolute atomic E-state index is 5.72. The summed E-state index contributed by atoms with van der Waals surface area (Å²) in [6.45, 7) is 8.91. The molecule has 0 aromatic carbocycles. The highest BCUT2D eigenvalue weighted by Crippen LogP contribution is 2.18. The number of rotatable bonds is 6. The number of piperidine rings is 1. The fraction of sp³-hybridized carbons (Fsp3) is 1.00. The summed E-state index contributed by atoms with van der Waals surface area (Å²) in [5.41, 5.74) is 0. The molecule has 1 saturated heterocycles. The molecular formula is C16H32N2O. The van der Waals surface area contributed by atoms with Crippen LogP contribution in [0.4, 0.5) is 0 Å². The third-order valence-electron chi connectivity index (χ3n) is 4.81. The van der Waals surface area contributed by atoms with Crippen molar-refractivity contribution >= 4 is 0 Å². The van der Waals surface area contributed by atoms with Gasteiger partial charge >= 0.3 is 0 Å². The second-order valence-electron chi connectivity index (χ2n) is 6.28. The molecule has 0 aromatic rings. The lowest BCUT2D eigenvalue weighted by molar-refractivity contribution is 0.00558. The highest BCUT2D eigenvalue weighted by atomic mass is 16.5. The van der Waals surface area contributed by atoms with Crippen molar-refractivity contribution in [3.05, 3.63) is 0 Å². The van der Waals surface area contributed by atoms with Gasteiger partial charge in [0.2, 0.25) is 0 Å². The monoisotopic (exact) mass is 268 g/mol. The summed E-state index contributed by atoms with van der Waals surface area (Å²) in [6, 6.07) is 1.46. The average Bonchev–Trinajstić information content (AvgIpc) is 2.47. The SMILES string of the molecule is CCOC1CCN(C(C)CNC2CCCCC2)CC1. The third kappa shape index (κ3) is 5.05. The molecule has 3 heteroatoms. The number of nitrogens with one attached hydrogen (secondary N) is 1. The molecule has 1 unspecified atom stereocenters. The van der Waals surface area contributed by atoms with E-state index in [2.05, 4.69) is 24.1 Å². The molecule has 1 N–H and O–H groups in total. The Balaban J connectivity index is 1.62. The predicted molar refractivity (Wildman–Crippen MR) is 80.6 cm³/mol. The fourth-order valence-electron chi connectivity index (χ4n) is 3.49. The van der Waals surface area contributed by atoms with Crippen LogP contribution in [0.3, 0.4) is 0 Å². The van der Waals surface area contributed by atoms with Gasteiger partial charge in [-0.2, -0.15) is 0 Å². The third-order valence-corrected chi connectivity index (χ3v) is 4.81. The molecule has 3 nitrogen and oxygen atoms in total. The van der Waals surface area contributed by atoms with Crippen molar-refractivity contribution in [2.45, 2.75) is 77.0 Å². The molecule has 2 rings (SSSR count). The van der Waals surface area contributed by atoms with Crippen LogP contribution in [0.5, 0.6) is 0 Å². The second kappa shape index (κ2) is 8.23. The van der Waals surface area contributed by atoms with Crippen molar-refractivity contribution in [3.8, 4) is 0 Å². The topological polar surface area (TPSA) is 24.5 Å². The van der Waals surface area contributed by atoms with Crippen LogP contribution in [-0.2, 0) is 4.74 Å². The zero-order chi connectivity index (χ0) is 13.5. The summed E-state index contributed by atoms with van der Waals surface area (Å²) >= 11 is 0. The number of nitrogens with zero attached hydrogens (tertiary/aromatic N) is 1. The molecule has 1 atom stereocenters. The van der Waals surface area contributed by atoms with Crippen LogP contribution >= 0.6 is 0 Å². The molecule has 1 saturated carbocycles. The van der Waals surface area contributed by atoms with Crippen LogP contribution in [0, 0.1) is 0 Å². The molecule has 0 amide bonds. The standard InChI is InChI=1S/C16H32N2O/c1-3-19-16-9-11-18(12-10-16)14(2)13-17-15-7-5-4-6-8-15/h14-17H,3-13H2,1-2H3.